The molecule has 1 unspecified atom stereocenters. The number of aryl methyl sites for hydroxylation is 2. The second-order valence-electron chi connectivity index (χ2n) is 6.57. The third-order valence-electron chi connectivity index (χ3n) is 4.61. The molecule has 0 bridgehead atoms. The van der Waals surface area contributed by atoms with Crippen LogP contribution >= 0.6 is 0 Å². The molecule has 1 amide bonds. The van der Waals surface area contributed by atoms with Crippen molar-refractivity contribution in [3.05, 3.63) is 59.8 Å². The molecule has 1 aliphatic heterocycles. The van der Waals surface area contributed by atoms with E-state index in [1.165, 1.54) is 0 Å². The van der Waals surface area contributed by atoms with Gasteiger partial charge in [0.2, 0.25) is 0 Å². The lowest BCUT2D eigenvalue weighted by atomic mass is 10.2. The Balaban J connectivity index is 1.43. The summed E-state index contributed by atoms with van der Waals surface area (Å²) in [5.41, 5.74) is 2.15. The second kappa shape index (κ2) is 6.23. The smallest absolute Gasteiger partial charge is 0.289 e. The summed E-state index contributed by atoms with van der Waals surface area (Å²) >= 11 is 0. The molecule has 0 N–H and O–H groups in total. The van der Waals surface area contributed by atoms with Gasteiger partial charge in [-0.15, -0.1) is 0 Å². The molecule has 3 aromatic heterocycles. The first-order valence-corrected chi connectivity index (χ1v) is 8.46. The largest absolute Gasteiger partial charge is 0.454 e. The van der Waals surface area contributed by atoms with Crippen LogP contribution in [0.15, 0.2) is 41.3 Å². The summed E-state index contributed by atoms with van der Waals surface area (Å²) in [5, 5.41) is 4.55. The molecule has 4 heterocycles. The molecule has 130 valence electrons. The molecule has 3 aromatic rings. The normalized spacial score (nSPS) is 17.4. The van der Waals surface area contributed by atoms with Crippen LogP contribution in [0.1, 0.15) is 40.2 Å². The minimum absolute atomic E-state index is 0.0547. The van der Waals surface area contributed by atoms with Crippen molar-refractivity contribution in [2.45, 2.75) is 32.9 Å². The van der Waals surface area contributed by atoms with Crippen LogP contribution in [0.5, 0.6) is 0 Å². The summed E-state index contributed by atoms with van der Waals surface area (Å²) in [4.78, 5) is 18.6. The molecule has 0 aliphatic carbocycles. The Morgan fingerprint density at radius 1 is 1.36 bits per heavy atom. The molecule has 4 rings (SSSR count). The van der Waals surface area contributed by atoms with Gasteiger partial charge in [0.25, 0.3) is 5.91 Å². The number of furan rings is 1. The number of carbonyl (C=O) groups is 1. The van der Waals surface area contributed by atoms with Gasteiger partial charge in [0.05, 0.1) is 24.6 Å². The van der Waals surface area contributed by atoms with Crippen molar-refractivity contribution in [3.63, 3.8) is 0 Å². The molecular formula is C18H21N5O2. The van der Waals surface area contributed by atoms with Crippen molar-refractivity contribution in [2.75, 3.05) is 13.1 Å². The van der Waals surface area contributed by atoms with Crippen molar-refractivity contribution in [2.24, 2.45) is 0 Å². The van der Waals surface area contributed by atoms with E-state index in [1.807, 2.05) is 33.3 Å². The van der Waals surface area contributed by atoms with Crippen LogP contribution in [-0.4, -0.2) is 43.2 Å². The first-order valence-electron chi connectivity index (χ1n) is 8.46. The quantitative estimate of drug-likeness (QED) is 0.732. The lowest BCUT2D eigenvalue weighted by molar-refractivity contribution is 0.0753. The third-order valence-corrected chi connectivity index (χ3v) is 4.61. The topological polar surface area (TPSA) is 69.1 Å². The van der Waals surface area contributed by atoms with Crippen LogP contribution in [0.25, 0.3) is 0 Å². The number of imidazole rings is 1. The van der Waals surface area contributed by atoms with Crippen LogP contribution < -0.4 is 0 Å². The first kappa shape index (κ1) is 15.7. The van der Waals surface area contributed by atoms with E-state index in [0.29, 0.717) is 18.8 Å². The number of likely N-dealkylation sites (tertiary alicyclic amines) is 1. The maximum atomic E-state index is 12.7. The minimum atomic E-state index is -0.0547. The van der Waals surface area contributed by atoms with E-state index < -0.39 is 0 Å². The fourth-order valence-corrected chi connectivity index (χ4v) is 3.44. The Bertz CT molecular complexity index is 877. The van der Waals surface area contributed by atoms with Crippen LogP contribution in [0.2, 0.25) is 0 Å². The van der Waals surface area contributed by atoms with Crippen LogP contribution in [0.3, 0.4) is 0 Å². The van der Waals surface area contributed by atoms with Gasteiger partial charge in [-0.25, -0.2) is 4.98 Å². The van der Waals surface area contributed by atoms with Crippen LogP contribution in [0, 0.1) is 13.8 Å². The number of hydrogen-bond acceptors (Lipinski definition) is 4. The van der Waals surface area contributed by atoms with Gasteiger partial charge in [0.1, 0.15) is 5.76 Å². The number of hydrogen-bond donors (Lipinski definition) is 0. The van der Waals surface area contributed by atoms with Gasteiger partial charge in [-0.1, -0.05) is 0 Å². The van der Waals surface area contributed by atoms with Gasteiger partial charge in [0, 0.05) is 31.2 Å². The molecule has 0 saturated carbocycles. The summed E-state index contributed by atoms with van der Waals surface area (Å²) < 4.78 is 9.68. The van der Waals surface area contributed by atoms with Gasteiger partial charge >= 0.3 is 0 Å². The molecule has 0 radical (unpaired) electrons. The second-order valence-corrected chi connectivity index (χ2v) is 6.57. The Labute approximate surface area is 145 Å². The summed E-state index contributed by atoms with van der Waals surface area (Å²) in [6.45, 7) is 6.00. The number of rotatable bonds is 4. The highest BCUT2D eigenvalue weighted by Crippen LogP contribution is 2.25. The molecule has 25 heavy (non-hydrogen) atoms. The first-order chi connectivity index (χ1) is 12.1. The van der Waals surface area contributed by atoms with Crippen molar-refractivity contribution in [3.8, 4) is 0 Å². The Morgan fingerprint density at radius 2 is 2.24 bits per heavy atom. The zero-order chi connectivity index (χ0) is 17.4. The molecule has 7 heteroatoms. The Hall–Kier alpha value is -2.83. The lowest BCUT2D eigenvalue weighted by Gasteiger charge is -2.16. The molecule has 1 fully saturated rings. The van der Waals surface area contributed by atoms with Crippen molar-refractivity contribution >= 4 is 5.91 Å². The number of aromatic nitrogens is 4. The van der Waals surface area contributed by atoms with Crippen LogP contribution in [-0.2, 0) is 6.54 Å². The predicted octanol–water partition coefficient (Wildman–Crippen LogP) is 2.42. The highest BCUT2D eigenvalue weighted by molar-refractivity contribution is 5.91. The summed E-state index contributed by atoms with van der Waals surface area (Å²) in [5.74, 6) is 1.08. The average molecular weight is 339 g/mol. The van der Waals surface area contributed by atoms with Crippen LogP contribution in [0.4, 0.5) is 0 Å². The predicted molar refractivity (Wildman–Crippen MR) is 91.3 cm³/mol. The molecule has 0 aromatic carbocycles. The molecule has 1 atom stereocenters. The minimum Gasteiger partial charge on any atom is -0.454 e. The summed E-state index contributed by atoms with van der Waals surface area (Å²) in [6, 6.07) is 5.91. The van der Waals surface area contributed by atoms with Gasteiger partial charge in [-0.3, -0.25) is 9.48 Å². The van der Waals surface area contributed by atoms with E-state index in [0.717, 1.165) is 30.1 Å². The van der Waals surface area contributed by atoms with E-state index in [2.05, 4.69) is 23.1 Å². The molecule has 1 saturated heterocycles. The number of nitrogens with zero attached hydrogens (tertiary/aromatic N) is 5. The Kier molecular flexibility index (Phi) is 3.91. The van der Waals surface area contributed by atoms with Crippen molar-refractivity contribution in [1.82, 2.24) is 24.2 Å². The standard InChI is InChI=1S/C18H21N5O2/c1-13-9-14(2)23(20-13)15-5-7-22(10-15)18(24)17-4-3-16(25-17)11-21-8-6-19-12-21/h3-4,6,8-9,12,15H,5,7,10-11H2,1-2H3. The molecule has 0 spiro atoms. The van der Waals surface area contributed by atoms with E-state index in [1.54, 1.807) is 18.6 Å². The Morgan fingerprint density at radius 3 is 2.96 bits per heavy atom. The maximum Gasteiger partial charge on any atom is 0.289 e. The average Bonchev–Trinajstić information content (AvgIpc) is 3.35. The molecule has 7 nitrogen and oxygen atoms in total. The van der Waals surface area contributed by atoms with Gasteiger partial charge in [0.15, 0.2) is 5.76 Å². The highest BCUT2D eigenvalue weighted by Gasteiger charge is 2.30. The monoisotopic (exact) mass is 339 g/mol. The summed E-state index contributed by atoms with van der Waals surface area (Å²) in [6.07, 6.45) is 6.22. The zero-order valence-corrected chi connectivity index (χ0v) is 14.4. The van der Waals surface area contributed by atoms with E-state index in [-0.39, 0.29) is 11.9 Å². The fraction of sp³-hybridized carbons (Fsp3) is 0.389. The fourth-order valence-electron chi connectivity index (χ4n) is 3.44. The van der Waals surface area contributed by atoms with E-state index >= 15 is 0 Å². The maximum absolute atomic E-state index is 12.7. The molecule has 1 aliphatic rings. The van der Waals surface area contributed by atoms with Gasteiger partial charge < -0.3 is 13.9 Å². The third kappa shape index (κ3) is 3.09. The lowest BCUT2D eigenvalue weighted by Crippen LogP contribution is -2.29. The highest BCUT2D eigenvalue weighted by atomic mass is 16.4. The van der Waals surface area contributed by atoms with Gasteiger partial charge in [-0.05, 0) is 38.5 Å². The van der Waals surface area contributed by atoms with Gasteiger partial charge in [-0.2, -0.15) is 5.10 Å². The van der Waals surface area contributed by atoms with E-state index in [4.69, 9.17) is 4.42 Å². The SMILES string of the molecule is Cc1cc(C)n(C2CCN(C(=O)c3ccc(Cn4ccnc4)o3)C2)n1. The van der Waals surface area contributed by atoms with Crippen molar-refractivity contribution in [1.29, 1.82) is 0 Å². The van der Waals surface area contributed by atoms with E-state index in [9.17, 15) is 4.79 Å². The number of amides is 1. The molecular weight excluding hydrogens is 318 g/mol. The zero-order valence-electron chi connectivity index (χ0n) is 14.4. The number of carbonyl (C=O) groups excluding carboxylic acids is 1. The summed E-state index contributed by atoms with van der Waals surface area (Å²) in [7, 11) is 0. The van der Waals surface area contributed by atoms with Crippen molar-refractivity contribution < 1.29 is 9.21 Å².